The van der Waals surface area contributed by atoms with Gasteiger partial charge in [0.25, 0.3) is 5.56 Å². The molecule has 1 aromatic heterocycles. The molecular formula is C17H17N3O2. The van der Waals surface area contributed by atoms with E-state index in [1.54, 1.807) is 10.6 Å². The molecular weight excluding hydrogens is 278 g/mol. The average molecular weight is 295 g/mol. The molecule has 112 valence electrons. The van der Waals surface area contributed by atoms with Crippen molar-refractivity contribution in [3.8, 4) is 0 Å². The maximum Gasteiger partial charge on any atom is 0.277 e. The highest BCUT2D eigenvalue weighted by Crippen LogP contribution is 2.21. The molecule has 0 bridgehead atoms. The molecule has 0 spiro atoms. The van der Waals surface area contributed by atoms with Gasteiger partial charge in [-0.2, -0.15) is 0 Å². The molecule has 1 aliphatic rings. The highest BCUT2D eigenvalue weighted by molar-refractivity contribution is 6.01. The van der Waals surface area contributed by atoms with Gasteiger partial charge in [-0.15, -0.1) is 0 Å². The molecule has 0 saturated heterocycles. The molecule has 5 heteroatoms. The average Bonchev–Trinajstić information content (AvgIpc) is 2.91. The van der Waals surface area contributed by atoms with Crippen LogP contribution in [0.3, 0.4) is 0 Å². The van der Waals surface area contributed by atoms with Crippen LogP contribution in [0.15, 0.2) is 47.4 Å². The monoisotopic (exact) mass is 295 g/mol. The van der Waals surface area contributed by atoms with Gasteiger partial charge in [0.05, 0.1) is 6.20 Å². The van der Waals surface area contributed by atoms with Crippen LogP contribution in [0.4, 0.5) is 5.69 Å². The zero-order valence-corrected chi connectivity index (χ0v) is 12.3. The number of amides is 1. The highest BCUT2D eigenvalue weighted by atomic mass is 16.2. The summed E-state index contributed by atoms with van der Waals surface area (Å²) in [5.74, 6) is 0.448. The first kappa shape index (κ1) is 14.3. The Kier molecular flexibility index (Phi) is 3.87. The van der Waals surface area contributed by atoms with Gasteiger partial charge >= 0.3 is 0 Å². The van der Waals surface area contributed by atoms with Crippen molar-refractivity contribution in [2.24, 2.45) is 0 Å². The lowest BCUT2D eigenvalue weighted by Crippen LogP contribution is -2.27. The van der Waals surface area contributed by atoms with Crippen molar-refractivity contribution in [2.45, 2.75) is 25.8 Å². The second-order valence-electron chi connectivity index (χ2n) is 5.38. The minimum absolute atomic E-state index is 0.131. The molecule has 1 aliphatic heterocycles. The lowest BCUT2D eigenvalue weighted by Gasteiger charge is -2.10. The number of hydrogen-bond acceptors (Lipinski definition) is 3. The Bertz CT molecular complexity index is 778. The minimum atomic E-state index is -0.339. The fourth-order valence-electron chi connectivity index (χ4n) is 2.61. The number of aromatic nitrogens is 2. The zero-order valence-electron chi connectivity index (χ0n) is 12.3. The number of nitrogens with zero attached hydrogens (tertiary/aromatic N) is 2. The Morgan fingerprint density at radius 1 is 1.36 bits per heavy atom. The van der Waals surface area contributed by atoms with Gasteiger partial charge in [-0.3, -0.25) is 14.2 Å². The van der Waals surface area contributed by atoms with Crippen LogP contribution in [-0.4, -0.2) is 15.5 Å². The number of nitrogens with one attached hydrogen (secondary N) is 1. The third kappa shape index (κ3) is 2.83. The minimum Gasteiger partial charge on any atom is -0.317 e. The fraction of sp³-hybridized carbons (Fsp3) is 0.235. The molecule has 0 aliphatic carbocycles. The van der Waals surface area contributed by atoms with Crippen molar-refractivity contribution in [1.82, 2.24) is 9.55 Å². The van der Waals surface area contributed by atoms with Crippen LogP contribution in [0.5, 0.6) is 0 Å². The summed E-state index contributed by atoms with van der Waals surface area (Å²) in [6, 6.07) is 9.64. The normalized spacial score (nSPS) is 16.7. The molecule has 1 amide bonds. The summed E-state index contributed by atoms with van der Waals surface area (Å²) in [6.07, 6.45) is 6.28. The molecule has 1 N–H and O–H groups in total. The number of benzene rings is 1. The summed E-state index contributed by atoms with van der Waals surface area (Å²) in [5.41, 5.74) is 0.965. The van der Waals surface area contributed by atoms with E-state index in [1.807, 2.05) is 37.3 Å². The molecule has 22 heavy (non-hydrogen) atoms. The number of carbonyl (C=O) groups excluding carboxylic acids is 1. The molecule has 0 radical (unpaired) electrons. The smallest absolute Gasteiger partial charge is 0.277 e. The number of anilines is 1. The number of aryl methyl sites for hydroxylation is 1. The molecule has 2 heterocycles. The van der Waals surface area contributed by atoms with E-state index in [4.69, 9.17) is 0 Å². The first-order valence-electron chi connectivity index (χ1n) is 7.29. The SMILES string of the molecule is C[C@@H]1CCc2ncc(NC(=O)/C=C/c3ccccc3)c(=O)n21. The van der Waals surface area contributed by atoms with Crippen molar-refractivity contribution in [1.29, 1.82) is 0 Å². The zero-order chi connectivity index (χ0) is 15.5. The summed E-state index contributed by atoms with van der Waals surface area (Å²) >= 11 is 0. The van der Waals surface area contributed by atoms with Gasteiger partial charge in [-0.1, -0.05) is 30.3 Å². The first-order valence-corrected chi connectivity index (χ1v) is 7.29. The Labute approximate surface area is 128 Å². The summed E-state index contributed by atoms with van der Waals surface area (Å²) in [4.78, 5) is 28.6. The summed E-state index contributed by atoms with van der Waals surface area (Å²) in [6.45, 7) is 1.99. The van der Waals surface area contributed by atoms with E-state index in [1.165, 1.54) is 12.3 Å². The van der Waals surface area contributed by atoms with Gasteiger partial charge < -0.3 is 5.32 Å². The summed E-state index contributed by atoms with van der Waals surface area (Å²) in [7, 11) is 0. The van der Waals surface area contributed by atoms with Gasteiger partial charge in [0, 0.05) is 18.5 Å². The topological polar surface area (TPSA) is 64.0 Å². The molecule has 3 rings (SSSR count). The number of carbonyl (C=O) groups is 1. The molecule has 1 atom stereocenters. The maximum atomic E-state index is 12.4. The van der Waals surface area contributed by atoms with Gasteiger partial charge in [-0.05, 0) is 25.0 Å². The van der Waals surface area contributed by atoms with E-state index in [0.717, 1.165) is 24.2 Å². The van der Waals surface area contributed by atoms with Crippen LogP contribution in [0, 0.1) is 0 Å². The predicted molar refractivity (Wildman–Crippen MR) is 85.6 cm³/mol. The third-order valence-corrected chi connectivity index (χ3v) is 3.78. The Balaban J connectivity index is 1.77. The third-order valence-electron chi connectivity index (χ3n) is 3.78. The molecule has 2 aromatic rings. The van der Waals surface area contributed by atoms with E-state index >= 15 is 0 Å². The Morgan fingerprint density at radius 2 is 2.14 bits per heavy atom. The fourth-order valence-corrected chi connectivity index (χ4v) is 2.61. The van der Waals surface area contributed by atoms with E-state index in [0.29, 0.717) is 0 Å². The Morgan fingerprint density at radius 3 is 2.91 bits per heavy atom. The van der Waals surface area contributed by atoms with Crippen LogP contribution < -0.4 is 10.9 Å². The Hall–Kier alpha value is -2.69. The van der Waals surface area contributed by atoms with Gasteiger partial charge in [0.15, 0.2) is 0 Å². The number of fused-ring (bicyclic) bond motifs is 1. The quantitative estimate of drug-likeness (QED) is 0.884. The molecule has 0 fully saturated rings. The molecule has 5 nitrogen and oxygen atoms in total. The van der Waals surface area contributed by atoms with Crippen molar-refractivity contribution < 1.29 is 4.79 Å². The van der Waals surface area contributed by atoms with Gasteiger partial charge in [0.2, 0.25) is 5.91 Å². The van der Waals surface area contributed by atoms with E-state index < -0.39 is 0 Å². The van der Waals surface area contributed by atoms with Crippen molar-refractivity contribution in [2.75, 3.05) is 5.32 Å². The highest BCUT2D eigenvalue weighted by Gasteiger charge is 2.22. The van der Waals surface area contributed by atoms with E-state index in [-0.39, 0.29) is 23.2 Å². The first-order chi connectivity index (χ1) is 10.6. The predicted octanol–water partition coefficient (Wildman–Crippen LogP) is 2.40. The summed E-state index contributed by atoms with van der Waals surface area (Å²) < 4.78 is 1.66. The number of hydrogen-bond donors (Lipinski definition) is 1. The van der Waals surface area contributed by atoms with Crippen molar-refractivity contribution in [3.05, 3.63) is 64.3 Å². The molecule has 1 aromatic carbocycles. The largest absolute Gasteiger partial charge is 0.317 e. The second kappa shape index (κ2) is 5.97. The number of rotatable bonds is 3. The van der Waals surface area contributed by atoms with Crippen LogP contribution in [0.2, 0.25) is 0 Å². The van der Waals surface area contributed by atoms with Crippen LogP contribution in [0.1, 0.15) is 30.8 Å². The lowest BCUT2D eigenvalue weighted by molar-refractivity contribution is -0.111. The maximum absolute atomic E-state index is 12.4. The van der Waals surface area contributed by atoms with E-state index in [2.05, 4.69) is 10.3 Å². The van der Waals surface area contributed by atoms with Gasteiger partial charge in [-0.25, -0.2) is 4.98 Å². The van der Waals surface area contributed by atoms with Crippen molar-refractivity contribution in [3.63, 3.8) is 0 Å². The second-order valence-corrected chi connectivity index (χ2v) is 5.38. The van der Waals surface area contributed by atoms with E-state index in [9.17, 15) is 9.59 Å². The van der Waals surface area contributed by atoms with Crippen LogP contribution >= 0.6 is 0 Å². The summed E-state index contributed by atoms with van der Waals surface area (Å²) in [5, 5.41) is 2.61. The van der Waals surface area contributed by atoms with Gasteiger partial charge in [0.1, 0.15) is 11.5 Å². The lowest BCUT2D eigenvalue weighted by atomic mass is 10.2. The van der Waals surface area contributed by atoms with Crippen LogP contribution in [0.25, 0.3) is 6.08 Å². The molecule has 0 unspecified atom stereocenters. The molecule has 0 saturated carbocycles. The van der Waals surface area contributed by atoms with Crippen molar-refractivity contribution >= 4 is 17.7 Å². The van der Waals surface area contributed by atoms with Crippen LogP contribution in [-0.2, 0) is 11.2 Å². The standard InChI is InChI=1S/C17H17N3O2/c1-12-7-9-15-18-11-14(17(22)20(12)15)19-16(21)10-8-13-5-3-2-4-6-13/h2-6,8,10-12H,7,9H2,1H3,(H,19,21)/b10-8+/t12-/m1/s1.